The Morgan fingerprint density at radius 3 is 1.54 bits per heavy atom. The maximum absolute atomic E-state index is 11.0. The fourth-order valence-electron chi connectivity index (χ4n) is 3.37. The first-order valence-electron chi connectivity index (χ1n) is 10.6. The second-order valence-electron chi connectivity index (χ2n) is 7.50. The van der Waals surface area contributed by atoms with Gasteiger partial charge in [-0.15, -0.1) is 0 Å². The van der Waals surface area contributed by atoms with E-state index in [4.69, 9.17) is 22.3 Å². The first-order chi connectivity index (χ1) is 16.8. The van der Waals surface area contributed by atoms with E-state index in [2.05, 4.69) is 9.73 Å². The molecule has 0 saturated heterocycles. The van der Waals surface area contributed by atoms with Gasteiger partial charge in [0, 0.05) is 51.2 Å². The highest BCUT2D eigenvalue weighted by Crippen LogP contribution is 2.28. The third kappa shape index (κ3) is 6.29. The zero-order chi connectivity index (χ0) is 25.4. The van der Waals surface area contributed by atoms with Crippen LogP contribution in [-0.4, -0.2) is 17.0 Å². The van der Waals surface area contributed by atoms with Crippen molar-refractivity contribution < 1.29 is 19.1 Å². The normalized spacial score (nSPS) is 9.97. The van der Waals surface area contributed by atoms with E-state index >= 15 is 0 Å². The Balaban J connectivity index is 0.000000154. The van der Waals surface area contributed by atoms with Gasteiger partial charge in [0.25, 0.3) is 0 Å². The number of carbonyl (C=O) groups excluding carboxylic acids is 1. The van der Waals surface area contributed by atoms with Crippen molar-refractivity contribution in [3.05, 3.63) is 97.0 Å². The Hall–Kier alpha value is -4.98. The number of fused-ring (bicyclic) bond motifs is 2. The van der Waals surface area contributed by atoms with Gasteiger partial charge in [-0.1, -0.05) is 48.5 Å². The highest BCUT2D eigenvalue weighted by atomic mass is 16.4. The van der Waals surface area contributed by atoms with E-state index < -0.39 is 5.97 Å². The predicted octanol–water partition coefficient (Wildman–Crippen LogP) is 5.36. The van der Waals surface area contributed by atoms with Gasteiger partial charge in [-0.3, -0.25) is 4.79 Å². The zero-order valence-electron chi connectivity index (χ0n) is 19.1. The van der Waals surface area contributed by atoms with Gasteiger partial charge >= 0.3 is 5.97 Å². The number of carbonyl (C=O) groups is 2. The molecule has 0 radical (unpaired) electrons. The second-order valence-corrected chi connectivity index (χ2v) is 7.50. The molecule has 0 bridgehead atoms. The lowest BCUT2D eigenvalue weighted by atomic mass is 10.1. The third-order valence-corrected chi connectivity index (χ3v) is 4.99. The molecule has 4 aromatic carbocycles. The van der Waals surface area contributed by atoms with Crippen molar-refractivity contribution in [1.29, 1.82) is 0 Å². The lowest BCUT2D eigenvalue weighted by Crippen LogP contribution is -2.06. The molecule has 5 aromatic rings. The van der Waals surface area contributed by atoms with Crippen molar-refractivity contribution in [2.24, 2.45) is 0 Å². The summed E-state index contributed by atoms with van der Waals surface area (Å²) in [6, 6.07) is 25.8. The Morgan fingerprint density at radius 2 is 1.14 bits per heavy atom. The van der Waals surface area contributed by atoms with Gasteiger partial charge in [0.15, 0.2) is 0 Å². The standard InChI is InChI=1S/C12H12N2O.C10H10N2.C5H4O3/c1-8(15)14-12-7-6-11(13)9-4-2-3-5-10(9)12;11-9-5-6-10(12)8-4-2-1-3-7(8)9;6-5(7)4-2-1-3-8-4/h2-7H,13H2,1H3,(H,14,15);1-6H,11-12H2;1-3H,(H,6,7). The van der Waals surface area contributed by atoms with Crippen molar-refractivity contribution in [2.45, 2.75) is 6.92 Å². The molecule has 1 aromatic heterocycles. The number of anilines is 4. The molecular formula is C27H26N4O4. The van der Waals surface area contributed by atoms with Gasteiger partial charge in [-0.25, -0.2) is 4.79 Å². The summed E-state index contributed by atoms with van der Waals surface area (Å²) < 4.78 is 4.50. The average Bonchev–Trinajstić information content (AvgIpc) is 3.40. The van der Waals surface area contributed by atoms with Crippen molar-refractivity contribution in [3.8, 4) is 0 Å². The zero-order valence-corrected chi connectivity index (χ0v) is 19.1. The van der Waals surface area contributed by atoms with Crippen molar-refractivity contribution in [2.75, 3.05) is 22.5 Å². The molecule has 178 valence electrons. The molecule has 0 aliphatic rings. The van der Waals surface area contributed by atoms with Crippen LogP contribution in [0.4, 0.5) is 22.7 Å². The summed E-state index contributed by atoms with van der Waals surface area (Å²) in [5, 5.41) is 14.9. The number of benzene rings is 4. The Labute approximate surface area is 201 Å². The number of carboxylic acids is 1. The molecular weight excluding hydrogens is 444 g/mol. The van der Waals surface area contributed by atoms with E-state index in [0.717, 1.165) is 44.3 Å². The fraction of sp³-hybridized carbons (Fsp3) is 0.0370. The van der Waals surface area contributed by atoms with E-state index in [1.54, 1.807) is 6.07 Å². The molecule has 8 nitrogen and oxygen atoms in total. The average molecular weight is 471 g/mol. The number of hydrogen-bond acceptors (Lipinski definition) is 6. The first-order valence-corrected chi connectivity index (χ1v) is 10.6. The Bertz CT molecular complexity index is 1420. The monoisotopic (exact) mass is 470 g/mol. The highest BCUT2D eigenvalue weighted by Gasteiger charge is 2.04. The van der Waals surface area contributed by atoms with Crippen LogP contribution in [0.2, 0.25) is 0 Å². The van der Waals surface area contributed by atoms with E-state index in [0.29, 0.717) is 0 Å². The maximum Gasteiger partial charge on any atom is 0.371 e. The van der Waals surface area contributed by atoms with Gasteiger partial charge in [0.2, 0.25) is 11.7 Å². The topological polar surface area (TPSA) is 158 Å². The SMILES string of the molecule is CC(=O)Nc1ccc(N)c2ccccc12.Nc1ccc(N)c2ccccc12.O=C(O)c1ccco1. The maximum atomic E-state index is 11.0. The largest absolute Gasteiger partial charge is 0.475 e. The first kappa shape index (κ1) is 24.7. The molecule has 8 heteroatoms. The molecule has 0 fully saturated rings. The van der Waals surface area contributed by atoms with Crippen LogP contribution in [0.25, 0.3) is 21.5 Å². The smallest absolute Gasteiger partial charge is 0.371 e. The molecule has 0 unspecified atom stereocenters. The van der Waals surface area contributed by atoms with Crippen LogP contribution >= 0.6 is 0 Å². The molecule has 0 atom stereocenters. The van der Waals surface area contributed by atoms with Crippen molar-refractivity contribution in [1.82, 2.24) is 0 Å². The molecule has 0 saturated carbocycles. The summed E-state index contributed by atoms with van der Waals surface area (Å²) in [5.74, 6) is -1.13. The minimum absolute atomic E-state index is 0.0231. The minimum atomic E-state index is -1.03. The van der Waals surface area contributed by atoms with Gasteiger partial charge in [0.05, 0.1) is 6.26 Å². The number of nitrogens with one attached hydrogen (secondary N) is 1. The fourth-order valence-corrected chi connectivity index (χ4v) is 3.37. The van der Waals surface area contributed by atoms with Crippen LogP contribution in [0.3, 0.4) is 0 Å². The second kappa shape index (κ2) is 11.2. The molecule has 0 aliphatic heterocycles. The number of nitrogen functional groups attached to an aromatic ring is 3. The third-order valence-electron chi connectivity index (χ3n) is 4.99. The molecule has 0 aliphatic carbocycles. The summed E-state index contributed by atoms with van der Waals surface area (Å²) >= 11 is 0. The van der Waals surface area contributed by atoms with E-state index in [1.165, 1.54) is 25.3 Å². The highest BCUT2D eigenvalue weighted by molar-refractivity contribution is 6.05. The number of nitrogens with two attached hydrogens (primary N) is 3. The van der Waals surface area contributed by atoms with Gasteiger partial charge in [0.1, 0.15) is 0 Å². The molecule has 8 N–H and O–H groups in total. The van der Waals surface area contributed by atoms with Crippen LogP contribution in [0.1, 0.15) is 17.5 Å². The Morgan fingerprint density at radius 1 is 0.686 bits per heavy atom. The number of aromatic carboxylic acids is 1. The number of amides is 1. The van der Waals surface area contributed by atoms with Crippen LogP contribution in [0.15, 0.2) is 95.6 Å². The van der Waals surface area contributed by atoms with Crippen molar-refractivity contribution >= 4 is 56.2 Å². The van der Waals surface area contributed by atoms with Crippen LogP contribution in [-0.2, 0) is 4.79 Å². The molecule has 5 rings (SSSR count). The molecule has 0 spiro atoms. The van der Waals surface area contributed by atoms with Crippen LogP contribution in [0, 0.1) is 0 Å². The van der Waals surface area contributed by atoms with Gasteiger partial charge in [-0.2, -0.15) is 0 Å². The molecule has 1 amide bonds. The molecule has 35 heavy (non-hydrogen) atoms. The summed E-state index contributed by atoms with van der Waals surface area (Å²) in [4.78, 5) is 21.0. The summed E-state index contributed by atoms with van der Waals surface area (Å²) in [7, 11) is 0. The summed E-state index contributed by atoms with van der Waals surface area (Å²) in [5.41, 5.74) is 20.5. The number of hydrogen-bond donors (Lipinski definition) is 5. The molecule has 1 heterocycles. The summed E-state index contributed by atoms with van der Waals surface area (Å²) in [6.07, 6.45) is 1.32. The van der Waals surface area contributed by atoms with Gasteiger partial charge < -0.3 is 32.0 Å². The predicted molar refractivity (Wildman–Crippen MR) is 141 cm³/mol. The number of carboxylic acid groups (broad SMARTS) is 1. The van der Waals surface area contributed by atoms with Crippen molar-refractivity contribution in [3.63, 3.8) is 0 Å². The lowest BCUT2D eigenvalue weighted by Gasteiger charge is -2.08. The van der Waals surface area contributed by atoms with Crippen LogP contribution < -0.4 is 22.5 Å². The Kier molecular flexibility index (Phi) is 7.92. The lowest BCUT2D eigenvalue weighted by molar-refractivity contribution is -0.114. The minimum Gasteiger partial charge on any atom is -0.475 e. The van der Waals surface area contributed by atoms with E-state index in [-0.39, 0.29) is 11.7 Å². The quantitative estimate of drug-likeness (QED) is 0.217. The summed E-state index contributed by atoms with van der Waals surface area (Å²) in [6.45, 7) is 1.49. The number of rotatable bonds is 2. The van der Waals surface area contributed by atoms with E-state index in [1.807, 2.05) is 66.7 Å². The van der Waals surface area contributed by atoms with Crippen LogP contribution in [0.5, 0.6) is 0 Å². The van der Waals surface area contributed by atoms with E-state index in [9.17, 15) is 9.59 Å². The number of furan rings is 1. The van der Waals surface area contributed by atoms with Gasteiger partial charge in [-0.05, 0) is 36.4 Å².